The summed E-state index contributed by atoms with van der Waals surface area (Å²) in [5.41, 5.74) is 8.13. The summed E-state index contributed by atoms with van der Waals surface area (Å²) in [4.78, 5) is 6.92. The third-order valence-electron chi connectivity index (χ3n) is 3.39. The van der Waals surface area contributed by atoms with Crippen molar-refractivity contribution < 1.29 is 0 Å². The highest BCUT2D eigenvalue weighted by Gasteiger charge is 2.23. The molecule has 0 aliphatic heterocycles. The van der Waals surface area contributed by atoms with Gasteiger partial charge in [0.05, 0.1) is 11.7 Å². The summed E-state index contributed by atoms with van der Waals surface area (Å²) < 4.78 is 0. The van der Waals surface area contributed by atoms with Crippen LogP contribution in [0.2, 0.25) is 0 Å². The van der Waals surface area contributed by atoms with E-state index < -0.39 is 0 Å². The molecular weight excluding hydrogens is 210 g/mol. The normalized spacial score (nSPS) is 19.8. The highest BCUT2D eigenvalue weighted by atomic mass is 15.1. The van der Waals surface area contributed by atoms with E-state index in [1.54, 1.807) is 0 Å². The van der Waals surface area contributed by atoms with Gasteiger partial charge in [-0.1, -0.05) is 18.2 Å². The molecule has 1 atom stereocenters. The summed E-state index contributed by atoms with van der Waals surface area (Å²) in [5.74, 6) is 0. The Kier molecular flexibility index (Phi) is 4.29. The maximum atomic E-state index is 5.45. The van der Waals surface area contributed by atoms with Gasteiger partial charge < -0.3 is 5.73 Å². The number of nitrogens with zero attached hydrogens (tertiary/aromatic N) is 2. The largest absolute Gasteiger partial charge is 0.327 e. The van der Waals surface area contributed by atoms with Crippen molar-refractivity contribution >= 4 is 0 Å². The van der Waals surface area contributed by atoms with Crippen LogP contribution < -0.4 is 5.73 Å². The zero-order chi connectivity index (χ0) is 12.1. The van der Waals surface area contributed by atoms with Crippen LogP contribution in [0.25, 0.3) is 0 Å². The highest BCUT2D eigenvalue weighted by Crippen LogP contribution is 2.31. The maximum Gasteiger partial charge on any atom is 0.0607 e. The van der Waals surface area contributed by atoms with Crippen LogP contribution in [-0.4, -0.2) is 30.0 Å². The lowest BCUT2D eigenvalue weighted by molar-refractivity contribution is 0.238. The number of fused-ring (bicyclic) bond motifs is 1. The maximum absolute atomic E-state index is 5.45. The molecule has 1 aliphatic rings. The van der Waals surface area contributed by atoms with Gasteiger partial charge in [-0.05, 0) is 37.9 Å². The molecule has 0 bridgehead atoms. The lowest BCUT2D eigenvalue weighted by Gasteiger charge is -2.31. The topological polar surface area (TPSA) is 42.1 Å². The predicted octanol–water partition coefficient (Wildman–Crippen LogP) is 1.91. The summed E-state index contributed by atoms with van der Waals surface area (Å²) in [5, 5.41) is 0. The van der Waals surface area contributed by atoms with Gasteiger partial charge in [-0.25, -0.2) is 0 Å². The first-order chi connectivity index (χ1) is 8.33. The Morgan fingerprint density at radius 2 is 2.41 bits per heavy atom. The second kappa shape index (κ2) is 5.94. The average Bonchev–Trinajstić information content (AvgIpc) is 2.38. The monoisotopic (exact) mass is 231 g/mol. The predicted molar refractivity (Wildman–Crippen MR) is 70.7 cm³/mol. The summed E-state index contributed by atoms with van der Waals surface area (Å²) in [6, 6.07) is 4.70. The second-order valence-electron chi connectivity index (χ2n) is 4.60. The van der Waals surface area contributed by atoms with E-state index >= 15 is 0 Å². The van der Waals surface area contributed by atoms with Gasteiger partial charge in [0.2, 0.25) is 0 Å². The molecule has 0 saturated heterocycles. The molecule has 1 aliphatic carbocycles. The van der Waals surface area contributed by atoms with Gasteiger partial charge in [-0.3, -0.25) is 9.88 Å². The zero-order valence-corrected chi connectivity index (χ0v) is 10.5. The molecule has 2 N–H and O–H groups in total. The Bertz CT molecular complexity index is 387. The van der Waals surface area contributed by atoms with Crippen LogP contribution >= 0.6 is 0 Å². The van der Waals surface area contributed by atoms with E-state index in [0.717, 1.165) is 6.54 Å². The van der Waals surface area contributed by atoms with Crippen LogP contribution in [0.4, 0.5) is 0 Å². The third kappa shape index (κ3) is 2.93. The standard InChI is InChI=1S/C14H21N3/c1-17(11-3-2-9-15)13-8-4-6-12-7-5-10-16-14(12)13/h2-3,5,7,10,13H,4,6,8-9,11,15H2,1H3/b3-2+/t13-/m0/s1. The van der Waals surface area contributed by atoms with Crippen LogP contribution in [0.5, 0.6) is 0 Å². The first-order valence-electron chi connectivity index (χ1n) is 6.32. The number of likely N-dealkylation sites (N-methyl/N-ethyl adjacent to an activating group) is 1. The molecule has 17 heavy (non-hydrogen) atoms. The number of hydrogen-bond acceptors (Lipinski definition) is 3. The van der Waals surface area contributed by atoms with Gasteiger partial charge >= 0.3 is 0 Å². The molecule has 0 amide bonds. The molecule has 1 aromatic heterocycles. The SMILES string of the molecule is CN(C/C=C/CN)[C@H]1CCCc2cccnc21. The van der Waals surface area contributed by atoms with Crippen LogP contribution in [0.1, 0.15) is 30.1 Å². The first kappa shape index (κ1) is 12.3. The second-order valence-corrected chi connectivity index (χ2v) is 4.60. The molecule has 0 unspecified atom stereocenters. The van der Waals surface area contributed by atoms with Crippen LogP contribution in [-0.2, 0) is 6.42 Å². The van der Waals surface area contributed by atoms with Gasteiger partial charge in [0.25, 0.3) is 0 Å². The molecule has 1 heterocycles. The Morgan fingerprint density at radius 3 is 3.24 bits per heavy atom. The molecule has 0 radical (unpaired) electrons. The van der Waals surface area contributed by atoms with Crippen molar-refractivity contribution in [1.29, 1.82) is 0 Å². The van der Waals surface area contributed by atoms with Gasteiger partial charge in [0.15, 0.2) is 0 Å². The minimum Gasteiger partial charge on any atom is -0.327 e. The van der Waals surface area contributed by atoms with E-state index in [0.29, 0.717) is 12.6 Å². The number of rotatable bonds is 4. The fourth-order valence-electron chi connectivity index (χ4n) is 2.48. The summed E-state index contributed by atoms with van der Waals surface area (Å²) >= 11 is 0. The number of pyridine rings is 1. The molecular formula is C14H21N3. The molecule has 2 rings (SSSR count). The minimum atomic E-state index is 0.461. The van der Waals surface area contributed by atoms with Gasteiger partial charge in [-0.2, -0.15) is 0 Å². The molecule has 0 saturated carbocycles. The van der Waals surface area contributed by atoms with Crippen LogP contribution in [0.3, 0.4) is 0 Å². The van der Waals surface area contributed by atoms with Crippen molar-refractivity contribution in [2.75, 3.05) is 20.1 Å². The average molecular weight is 231 g/mol. The Hall–Kier alpha value is -1.19. The van der Waals surface area contributed by atoms with Crippen LogP contribution in [0.15, 0.2) is 30.5 Å². The first-order valence-corrected chi connectivity index (χ1v) is 6.32. The Labute approximate surface area is 103 Å². The Morgan fingerprint density at radius 1 is 1.53 bits per heavy atom. The molecule has 0 fully saturated rings. The zero-order valence-electron chi connectivity index (χ0n) is 10.5. The summed E-state index contributed by atoms with van der Waals surface area (Å²) in [6.07, 6.45) is 9.69. The molecule has 3 nitrogen and oxygen atoms in total. The van der Waals surface area contributed by atoms with E-state index in [1.807, 2.05) is 18.3 Å². The number of aromatic nitrogens is 1. The van der Waals surface area contributed by atoms with E-state index in [-0.39, 0.29) is 0 Å². The fourth-order valence-corrected chi connectivity index (χ4v) is 2.48. The van der Waals surface area contributed by atoms with E-state index in [2.05, 4.69) is 29.1 Å². The third-order valence-corrected chi connectivity index (χ3v) is 3.39. The van der Waals surface area contributed by atoms with Crippen molar-refractivity contribution in [3.05, 3.63) is 41.7 Å². The number of nitrogens with two attached hydrogens (primary N) is 1. The Balaban J connectivity index is 2.09. The van der Waals surface area contributed by atoms with Crippen molar-refractivity contribution in [3.63, 3.8) is 0 Å². The molecule has 0 spiro atoms. The molecule has 1 aromatic rings. The van der Waals surface area contributed by atoms with Crippen molar-refractivity contribution in [3.8, 4) is 0 Å². The molecule has 3 heteroatoms. The highest BCUT2D eigenvalue weighted by molar-refractivity contribution is 5.25. The summed E-state index contributed by atoms with van der Waals surface area (Å²) in [7, 11) is 2.16. The number of hydrogen-bond donors (Lipinski definition) is 1. The molecule has 0 aromatic carbocycles. The fraction of sp³-hybridized carbons (Fsp3) is 0.500. The van der Waals surface area contributed by atoms with E-state index in [4.69, 9.17) is 5.73 Å². The quantitative estimate of drug-likeness (QED) is 0.805. The summed E-state index contributed by atoms with van der Waals surface area (Å²) in [6.45, 7) is 1.56. The van der Waals surface area contributed by atoms with Gasteiger partial charge in [0.1, 0.15) is 0 Å². The van der Waals surface area contributed by atoms with Crippen molar-refractivity contribution in [2.45, 2.75) is 25.3 Å². The van der Waals surface area contributed by atoms with Crippen molar-refractivity contribution in [1.82, 2.24) is 9.88 Å². The van der Waals surface area contributed by atoms with E-state index in [9.17, 15) is 0 Å². The molecule has 92 valence electrons. The number of aryl methyl sites for hydroxylation is 1. The van der Waals surface area contributed by atoms with Crippen LogP contribution in [0, 0.1) is 0 Å². The smallest absolute Gasteiger partial charge is 0.0607 e. The van der Waals surface area contributed by atoms with Gasteiger partial charge in [0, 0.05) is 19.3 Å². The van der Waals surface area contributed by atoms with Crippen molar-refractivity contribution in [2.24, 2.45) is 5.73 Å². The van der Waals surface area contributed by atoms with E-state index in [1.165, 1.54) is 30.5 Å². The lowest BCUT2D eigenvalue weighted by Crippen LogP contribution is -2.28. The van der Waals surface area contributed by atoms with Gasteiger partial charge in [-0.15, -0.1) is 0 Å². The lowest BCUT2D eigenvalue weighted by atomic mass is 9.91. The minimum absolute atomic E-state index is 0.461.